The average Bonchev–Trinajstić information content (AvgIpc) is 2.38. The molecule has 1 heterocycles. The van der Waals surface area contributed by atoms with Gasteiger partial charge in [0, 0.05) is 5.70 Å². The van der Waals surface area contributed by atoms with Crippen LogP contribution in [-0.4, -0.2) is 10.3 Å². The van der Waals surface area contributed by atoms with Crippen molar-refractivity contribution in [3.63, 3.8) is 0 Å². The molecule has 3 N–H and O–H groups in total. The molecule has 17 heavy (non-hydrogen) atoms. The van der Waals surface area contributed by atoms with Crippen LogP contribution in [0.2, 0.25) is 0 Å². The van der Waals surface area contributed by atoms with Crippen molar-refractivity contribution in [2.75, 3.05) is 0 Å². The van der Waals surface area contributed by atoms with Crippen LogP contribution in [0, 0.1) is 0 Å². The topological polar surface area (TPSA) is 49.5 Å². The normalized spacial score (nSPS) is 21.2. The average molecular weight is 232 g/mol. The van der Waals surface area contributed by atoms with Gasteiger partial charge < -0.3 is 10.9 Å². The van der Waals surface area contributed by atoms with E-state index in [2.05, 4.69) is 6.58 Å². The smallest absolute Gasteiger partial charge is 0.0666 e. The molecule has 0 aliphatic carbocycles. The van der Waals surface area contributed by atoms with Crippen molar-refractivity contribution in [3.8, 4) is 0 Å². The molecule has 0 atom stereocenters. The van der Waals surface area contributed by atoms with Gasteiger partial charge in [-0.25, -0.2) is 0 Å². The summed E-state index contributed by atoms with van der Waals surface area (Å²) in [5, 5.41) is 11.7. The number of rotatable bonds is 1. The molecule has 0 saturated carbocycles. The Labute approximate surface area is 103 Å². The number of nitrogens with two attached hydrogens (primary N) is 1. The number of nitrogens with zero attached hydrogens (tertiary/aromatic N) is 1. The molecule has 2 rings (SSSR count). The van der Waals surface area contributed by atoms with Gasteiger partial charge in [-0.1, -0.05) is 18.7 Å². The van der Waals surface area contributed by atoms with Crippen molar-refractivity contribution in [2.24, 2.45) is 5.73 Å². The molecule has 0 saturated heterocycles. The van der Waals surface area contributed by atoms with Crippen LogP contribution in [0.15, 0.2) is 24.8 Å². The van der Waals surface area contributed by atoms with Crippen molar-refractivity contribution >= 4 is 5.70 Å². The summed E-state index contributed by atoms with van der Waals surface area (Å²) in [5.41, 5.74) is 8.65. The Morgan fingerprint density at radius 2 is 1.71 bits per heavy atom. The molecule has 3 heteroatoms. The van der Waals surface area contributed by atoms with Gasteiger partial charge in [0.15, 0.2) is 0 Å². The molecule has 0 fully saturated rings. The molecule has 1 aromatic rings. The fraction of sp³-hybridized carbons (Fsp3) is 0.429. The number of fused-ring (bicyclic) bond motifs is 1. The summed E-state index contributed by atoms with van der Waals surface area (Å²) in [7, 11) is 0. The summed E-state index contributed by atoms with van der Waals surface area (Å²) < 4.78 is 0. The molecular weight excluding hydrogens is 212 g/mol. The second-order valence-corrected chi connectivity index (χ2v) is 5.72. The van der Waals surface area contributed by atoms with Crippen molar-refractivity contribution in [1.82, 2.24) is 5.06 Å². The first-order valence-electron chi connectivity index (χ1n) is 5.78. The molecule has 0 bridgehead atoms. The summed E-state index contributed by atoms with van der Waals surface area (Å²) in [4.78, 5) is 0. The first-order chi connectivity index (χ1) is 7.69. The van der Waals surface area contributed by atoms with E-state index in [4.69, 9.17) is 5.73 Å². The summed E-state index contributed by atoms with van der Waals surface area (Å²) in [6.45, 7) is 11.8. The van der Waals surface area contributed by atoms with Gasteiger partial charge in [0.05, 0.1) is 11.1 Å². The first kappa shape index (κ1) is 12.1. The lowest BCUT2D eigenvalue weighted by molar-refractivity contribution is -0.216. The first-order valence-corrected chi connectivity index (χ1v) is 5.78. The van der Waals surface area contributed by atoms with Gasteiger partial charge in [-0.05, 0) is 50.5 Å². The molecule has 0 unspecified atom stereocenters. The van der Waals surface area contributed by atoms with E-state index in [1.54, 1.807) is 0 Å². The standard InChI is InChI=1S/C14H20N2O/c1-9(15)10-6-7-11-12(8-10)14(4,5)16(17)13(11,2)3/h6-8,17H,1,15H2,2-5H3. The van der Waals surface area contributed by atoms with Gasteiger partial charge >= 0.3 is 0 Å². The van der Waals surface area contributed by atoms with Crippen LogP contribution in [0.5, 0.6) is 0 Å². The van der Waals surface area contributed by atoms with E-state index in [1.807, 2.05) is 45.9 Å². The highest BCUT2D eigenvalue weighted by Crippen LogP contribution is 2.48. The zero-order chi connectivity index (χ0) is 13.0. The second-order valence-electron chi connectivity index (χ2n) is 5.72. The van der Waals surface area contributed by atoms with Crippen LogP contribution in [0.3, 0.4) is 0 Å². The van der Waals surface area contributed by atoms with Gasteiger partial charge in [0.25, 0.3) is 0 Å². The summed E-state index contributed by atoms with van der Waals surface area (Å²) in [6.07, 6.45) is 0. The molecule has 0 spiro atoms. The van der Waals surface area contributed by atoms with Crippen LogP contribution < -0.4 is 5.73 Å². The van der Waals surface area contributed by atoms with E-state index in [-0.39, 0.29) is 5.54 Å². The second kappa shape index (κ2) is 3.34. The molecule has 1 aromatic carbocycles. The summed E-state index contributed by atoms with van der Waals surface area (Å²) in [5.74, 6) is 0. The number of benzene rings is 1. The fourth-order valence-electron chi connectivity index (χ4n) is 2.71. The van der Waals surface area contributed by atoms with Crippen LogP contribution in [0.1, 0.15) is 44.4 Å². The Morgan fingerprint density at radius 1 is 1.18 bits per heavy atom. The maximum absolute atomic E-state index is 10.3. The lowest BCUT2D eigenvalue weighted by Crippen LogP contribution is -2.42. The van der Waals surface area contributed by atoms with Crippen LogP contribution >= 0.6 is 0 Å². The third-order valence-electron chi connectivity index (χ3n) is 3.77. The summed E-state index contributed by atoms with van der Waals surface area (Å²) >= 11 is 0. The molecule has 0 amide bonds. The minimum Gasteiger partial charge on any atom is -0.399 e. The zero-order valence-corrected chi connectivity index (χ0v) is 10.9. The Morgan fingerprint density at radius 3 is 2.24 bits per heavy atom. The van der Waals surface area contributed by atoms with Crippen molar-refractivity contribution < 1.29 is 5.21 Å². The van der Waals surface area contributed by atoms with Gasteiger partial charge in [-0.15, -0.1) is 0 Å². The number of hydrogen-bond donors (Lipinski definition) is 2. The fourth-order valence-corrected chi connectivity index (χ4v) is 2.71. The molecule has 92 valence electrons. The molecular formula is C14H20N2O. The van der Waals surface area contributed by atoms with Crippen molar-refractivity contribution in [2.45, 2.75) is 38.8 Å². The predicted molar refractivity (Wildman–Crippen MR) is 69.3 cm³/mol. The van der Waals surface area contributed by atoms with E-state index in [1.165, 1.54) is 5.06 Å². The van der Waals surface area contributed by atoms with Crippen LogP contribution in [-0.2, 0) is 11.1 Å². The maximum atomic E-state index is 10.3. The highest BCUT2D eigenvalue weighted by molar-refractivity contribution is 5.63. The third-order valence-corrected chi connectivity index (χ3v) is 3.77. The molecule has 1 aliphatic rings. The lowest BCUT2D eigenvalue weighted by Gasteiger charge is -2.34. The maximum Gasteiger partial charge on any atom is 0.0666 e. The highest BCUT2D eigenvalue weighted by Gasteiger charge is 2.48. The lowest BCUT2D eigenvalue weighted by atomic mass is 9.89. The minimum absolute atomic E-state index is 0.382. The zero-order valence-electron chi connectivity index (χ0n) is 10.9. The van der Waals surface area contributed by atoms with Crippen LogP contribution in [0.25, 0.3) is 5.70 Å². The molecule has 1 aliphatic heterocycles. The van der Waals surface area contributed by atoms with Crippen molar-refractivity contribution in [3.05, 3.63) is 41.5 Å². The van der Waals surface area contributed by atoms with E-state index in [0.717, 1.165) is 16.7 Å². The van der Waals surface area contributed by atoms with Gasteiger partial charge in [0.1, 0.15) is 0 Å². The SMILES string of the molecule is C=C(N)c1ccc2c(c1)C(C)(C)N(O)C2(C)C. The minimum atomic E-state index is -0.412. The quantitative estimate of drug-likeness (QED) is 0.782. The molecule has 0 radical (unpaired) electrons. The molecule has 3 nitrogen and oxygen atoms in total. The highest BCUT2D eigenvalue weighted by atomic mass is 16.5. The number of hydrogen-bond acceptors (Lipinski definition) is 3. The van der Waals surface area contributed by atoms with E-state index in [9.17, 15) is 5.21 Å². The molecule has 0 aromatic heterocycles. The Kier molecular flexibility index (Phi) is 2.39. The number of hydroxylamine groups is 2. The van der Waals surface area contributed by atoms with Gasteiger partial charge in [-0.2, -0.15) is 5.06 Å². The van der Waals surface area contributed by atoms with Gasteiger partial charge in [-0.3, -0.25) is 0 Å². The Hall–Kier alpha value is -1.32. The van der Waals surface area contributed by atoms with Gasteiger partial charge in [0.2, 0.25) is 0 Å². The van der Waals surface area contributed by atoms with E-state index in [0.29, 0.717) is 5.70 Å². The van der Waals surface area contributed by atoms with Crippen molar-refractivity contribution in [1.29, 1.82) is 0 Å². The summed E-state index contributed by atoms with van der Waals surface area (Å²) in [6, 6.07) is 6.01. The Bertz CT molecular complexity index is 489. The van der Waals surface area contributed by atoms with E-state index >= 15 is 0 Å². The monoisotopic (exact) mass is 232 g/mol. The van der Waals surface area contributed by atoms with Crippen LogP contribution in [0.4, 0.5) is 0 Å². The van der Waals surface area contributed by atoms with E-state index < -0.39 is 5.54 Å². The largest absolute Gasteiger partial charge is 0.399 e. The Balaban J connectivity index is 2.68. The third kappa shape index (κ3) is 1.50. The predicted octanol–water partition coefficient (Wildman–Crippen LogP) is 2.79.